The van der Waals surface area contributed by atoms with Gasteiger partial charge in [0, 0.05) is 30.6 Å². The van der Waals surface area contributed by atoms with Crippen LogP contribution in [0.4, 0.5) is 0 Å². The molecule has 0 amide bonds. The number of aryl methyl sites for hydroxylation is 1. The largest absolute Gasteiger partial charge is 0.312 e. The van der Waals surface area contributed by atoms with Crippen molar-refractivity contribution in [2.45, 2.75) is 38.6 Å². The first-order valence-electron chi connectivity index (χ1n) is 7.02. The molecular weight excluding hydrogens is 252 g/mol. The fourth-order valence-corrected chi connectivity index (χ4v) is 3.10. The molecule has 3 rings (SSSR count). The third-order valence-corrected chi connectivity index (χ3v) is 4.54. The number of aromatic nitrogens is 1. The molecule has 1 heterocycles. The number of hydrogen-bond acceptors (Lipinski definition) is 3. The van der Waals surface area contributed by atoms with Crippen LogP contribution in [0.15, 0.2) is 29.6 Å². The van der Waals surface area contributed by atoms with E-state index < -0.39 is 0 Å². The normalized spacial score (nSPS) is 14.8. The van der Waals surface area contributed by atoms with Crippen molar-refractivity contribution in [2.24, 2.45) is 0 Å². The lowest BCUT2D eigenvalue weighted by Gasteiger charge is -2.06. The van der Waals surface area contributed by atoms with Gasteiger partial charge in [-0.05, 0) is 36.8 Å². The average molecular weight is 272 g/mol. The summed E-state index contributed by atoms with van der Waals surface area (Å²) < 4.78 is 0. The summed E-state index contributed by atoms with van der Waals surface area (Å²) in [5, 5.41) is 6.87. The van der Waals surface area contributed by atoms with Crippen molar-refractivity contribution in [2.75, 3.05) is 6.54 Å². The summed E-state index contributed by atoms with van der Waals surface area (Å²) in [7, 11) is 0. The van der Waals surface area contributed by atoms with Crippen molar-refractivity contribution in [3.63, 3.8) is 0 Å². The van der Waals surface area contributed by atoms with E-state index in [1.807, 2.05) is 0 Å². The summed E-state index contributed by atoms with van der Waals surface area (Å²) in [6, 6.07) is 9.03. The molecule has 0 unspecified atom stereocenters. The molecule has 0 spiro atoms. The topological polar surface area (TPSA) is 24.9 Å². The SMILES string of the molecule is Cc1csc(CCNCc2cccc(C3CC3)c2)n1. The Morgan fingerprint density at radius 3 is 3.00 bits per heavy atom. The first-order chi connectivity index (χ1) is 9.31. The highest BCUT2D eigenvalue weighted by molar-refractivity contribution is 7.09. The van der Waals surface area contributed by atoms with Crippen molar-refractivity contribution in [1.82, 2.24) is 10.3 Å². The monoisotopic (exact) mass is 272 g/mol. The summed E-state index contributed by atoms with van der Waals surface area (Å²) in [6.07, 6.45) is 3.78. The lowest BCUT2D eigenvalue weighted by molar-refractivity contribution is 0.684. The van der Waals surface area contributed by atoms with E-state index in [2.05, 4.69) is 46.9 Å². The quantitative estimate of drug-likeness (QED) is 0.812. The van der Waals surface area contributed by atoms with Gasteiger partial charge in [0.2, 0.25) is 0 Å². The fraction of sp³-hybridized carbons (Fsp3) is 0.438. The Morgan fingerprint density at radius 2 is 2.26 bits per heavy atom. The highest BCUT2D eigenvalue weighted by atomic mass is 32.1. The van der Waals surface area contributed by atoms with Gasteiger partial charge in [0.1, 0.15) is 0 Å². The van der Waals surface area contributed by atoms with Crippen LogP contribution in [-0.4, -0.2) is 11.5 Å². The Labute approximate surface area is 118 Å². The number of nitrogens with zero attached hydrogens (tertiary/aromatic N) is 1. The van der Waals surface area contributed by atoms with Crippen LogP contribution >= 0.6 is 11.3 Å². The molecule has 0 aliphatic heterocycles. The van der Waals surface area contributed by atoms with Gasteiger partial charge in [-0.3, -0.25) is 0 Å². The van der Waals surface area contributed by atoms with Gasteiger partial charge >= 0.3 is 0 Å². The molecule has 19 heavy (non-hydrogen) atoms. The van der Waals surface area contributed by atoms with E-state index in [0.717, 1.165) is 31.1 Å². The molecule has 0 atom stereocenters. The summed E-state index contributed by atoms with van der Waals surface area (Å²) in [5.41, 5.74) is 4.06. The van der Waals surface area contributed by atoms with Gasteiger partial charge in [0.15, 0.2) is 0 Å². The zero-order valence-electron chi connectivity index (χ0n) is 11.4. The second kappa shape index (κ2) is 5.85. The molecule has 2 nitrogen and oxygen atoms in total. The van der Waals surface area contributed by atoms with Crippen molar-refractivity contribution in [3.8, 4) is 0 Å². The molecule has 1 N–H and O–H groups in total. The molecule has 1 aliphatic rings. The van der Waals surface area contributed by atoms with Crippen LogP contribution in [0.25, 0.3) is 0 Å². The van der Waals surface area contributed by atoms with Gasteiger partial charge in [0.25, 0.3) is 0 Å². The summed E-state index contributed by atoms with van der Waals surface area (Å²) >= 11 is 1.76. The Hall–Kier alpha value is -1.19. The van der Waals surface area contributed by atoms with Gasteiger partial charge in [-0.2, -0.15) is 0 Å². The van der Waals surface area contributed by atoms with Gasteiger partial charge < -0.3 is 5.32 Å². The zero-order chi connectivity index (χ0) is 13.1. The molecule has 0 radical (unpaired) electrons. The van der Waals surface area contributed by atoms with Crippen molar-refractivity contribution in [3.05, 3.63) is 51.5 Å². The predicted molar refractivity (Wildman–Crippen MR) is 80.7 cm³/mol. The van der Waals surface area contributed by atoms with E-state index in [-0.39, 0.29) is 0 Å². The number of rotatable bonds is 6. The van der Waals surface area contributed by atoms with Gasteiger partial charge in [-0.1, -0.05) is 24.3 Å². The van der Waals surface area contributed by atoms with Crippen LogP contribution in [0.3, 0.4) is 0 Å². The fourth-order valence-electron chi connectivity index (χ4n) is 2.32. The van der Waals surface area contributed by atoms with Crippen LogP contribution in [-0.2, 0) is 13.0 Å². The minimum atomic E-state index is 0.846. The molecule has 100 valence electrons. The summed E-state index contributed by atoms with van der Waals surface area (Å²) in [5.74, 6) is 0.846. The standard InChI is InChI=1S/C16H20N2S/c1-12-11-19-16(18-12)7-8-17-10-13-3-2-4-15(9-13)14-5-6-14/h2-4,9,11,14,17H,5-8,10H2,1H3. The second-order valence-electron chi connectivity index (χ2n) is 5.33. The highest BCUT2D eigenvalue weighted by Gasteiger charge is 2.23. The Kier molecular flexibility index (Phi) is 3.95. The van der Waals surface area contributed by atoms with Gasteiger partial charge in [0.05, 0.1) is 5.01 Å². The van der Waals surface area contributed by atoms with E-state index in [1.165, 1.54) is 29.0 Å². The Bertz CT molecular complexity index is 543. The van der Waals surface area contributed by atoms with E-state index in [9.17, 15) is 0 Å². The molecule has 1 aliphatic carbocycles. The third kappa shape index (κ3) is 3.64. The van der Waals surface area contributed by atoms with Crippen LogP contribution in [0.2, 0.25) is 0 Å². The minimum Gasteiger partial charge on any atom is -0.312 e. The molecule has 1 aromatic heterocycles. The molecule has 0 bridgehead atoms. The van der Waals surface area contributed by atoms with Crippen molar-refractivity contribution < 1.29 is 0 Å². The number of benzene rings is 1. The van der Waals surface area contributed by atoms with E-state index in [1.54, 1.807) is 11.3 Å². The molecule has 0 saturated heterocycles. The second-order valence-corrected chi connectivity index (χ2v) is 6.27. The zero-order valence-corrected chi connectivity index (χ0v) is 12.2. The summed E-state index contributed by atoms with van der Waals surface area (Å²) in [4.78, 5) is 4.48. The van der Waals surface area contributed by atoms with Gasteiger partial charge in [-0.25, -0.2) is 4.98 Å². The smallest absolute Gasteiger partial charge is 0.0940 e. The third-order valence-electron chi connectivity index (χ3n) is 3.51. The maximum atomic E-state index is 4.48. The maximum Gasteiger partial charge on any atom is 0.0940 e. The van der Waals surface area contributed by atoms with Crippen LogP contribution in [0.1, 0.15) is 40.6 Å². The average Bonchev–Trinajstić information content (AvgIpc) is 3.19. The van der Waals surface area contributed by atoms with Crippen molar-refractivity contribution in [1.29, 1.82) is 0 Å². The molecule has 1 saturated carbocycles. The van der Waals surface area contributed by atoms with Crippen LogP contribution < -0.4 is 5.32 Å². The van der Waals surface area contributed by atoms with E-state index >= 15 is 0 Å². The number of thiazole rings is 1. The van der Waals surface area contributed by atoms with Crippen LogP contribution in [0, 0.1) is 6.92 Å². The van der Waals surface area contributed by atoms with Gasteiger partial charge in [-0.15, -0.1) is 11.3 Å². The van der Waals surface area contributed by atoms with E-state index in [4.69, 9.17) is 0 Å². The van der Waals surface area contributed by atoms with E-state index in [0.29, 0.717) is 0 Å². The molecule has 1 aromatic carbocycles. The summed E-state index contributed by atoms with van der Waals surface area (Å²) in [6.45, 7) is 4.02. The molecule has 3 heteroatoms. The van der Waals surface area contributed by atoms with Crippen molar-refractivity contribution >= 4 is 11.3 Å². The number of hydrogen-bond donors (Lipinski definition) is 1. The first kappa shape index (κ1) is 12.8. The lowest BCUT2D eigenvalue weighted by Crippen LogP contribution is -2.16. The highest BCUT2D eigenvalue weighted by Crippen LogP contribution is 2.40. The lowest BCUT2D eigenvalue weighted by atomic mass is 10.1. The predicted octanol–water partition coefficient (Wildman–Crippen LogP) is 3.66. The maximum absolute atomic E-state index is 4.48. The molecule has 2 aromatic rings. The molecule has 1 fully saturated rings. The minimum absolute atomic E-state index is 0.846. The first-order valence-corrected chi connectivity index (χ1v) is 7.90. The Balaban J connectivity index is 1.45. The number of nitrogens with one attached hydrogen (secondary N) is 1. The Morgan fingerprint density at radius 1 is 1.37 bits per heavy atom. The van der Waals surface area contributed by atoms with Crippen LogP contribution in [0.5, 0.6) is 0 Å². The molecular formula is C16H20N2S.